The summed E-state index contributed by atoms with van der Waals surface area (Å²) in [5.41, 5.74) is 1.40. The Bertz CT molecular complexity index is 563. The molecule has 5 heteroatoms. The van der Waals surface area contributed by atoms with Crippen molar-refractivity contribution in [3.05, 3.63) is 35.9 Å². The Hall–Kier alpha value is -1.59. The number of benzene rings is 1. The molecule has 1 heterocycles. The Kier molecular flexibility index (Phi) is 8.62. The van der Waals surface area contributed by atoms with Gasteiger partial charge in [0.1, 0.15) is 0 Å². The lowest BCUT2D eigenvalue weighted by molar-refractivity contribution is 0.126. The maximum absolute atomic E-state index is 12.4. The summed E-state index contributed by atoms with van der Waals surface area (Å²) >= 11 is 0. The van der Waals surface area contributed by atoms with Crippen LogP contribution < -0.4 is 5.32 Å². The van der Waals surface area contributed by atoms with Crippen molar-refractivity contribution in [1.29, 1.82) is 0 Å². The van der Waals surface area contributed by atoms with Crippen molar-refractivity contribution in [1.82, 2.24) is 20.0 Å². The van der Waals surface area contributed by atoms with Gasteiger partial charge in [-0.05, 0) is 31.4 Å². The number of hydrogen-bond acceptors (Lipinski definition) is 3. The van der Waals surface area contributed by atoms with Crippen molar-refractivity contribution in [2.24, 2.45) is 0 Å². The molecule has 28 heavy (non-hydrogen) atoms. The van der Waals surface area contributed by atoms with Crippen LogP contribution in [-0.2, 0) is 6.54 Å². The molecule has 0 atom stereocenters. The van der Waals surface area contributed by atoms with Crippen LogP contribution in [0.3, 0.4) is 0 Å². The molecule has 0 radical (unpaired) electrons. The van der Waals surface area contributed by atoms with Gasteiger partial charge >= 0.3 is 6.03 Å². The number of nitrogens with one attached hydrogen (secondary N) is 1. The molecule has 1 saturated heterocycles. The van der Waals surface area contributed by atoms with Gasteiger partial charge in [0.15, 0.2) is 0 Å². The summed E-state index contributed by atoms with van der Waals surface area (Å²) in [4.78, 5) is 19.4. The van der Waals surface area contributed by atoms with E-state index in [2.05, 4.69) is 45.4 Å². The van der Waals surface area contributed by atoms with E-state index in [-0.39, 0.29) is 6.03 Å². The molecular formula is C23H38N4O. The normalized spacial score (nSPS) is 19.9. The first-order valence-electron chi connectivity index (χ1n) is 11.2. The van der Waals surface area contributed by atoms with E-state index in [9.17, 15) is 4.79 Å². The van der Waals surface area contributed by atoms with E-state index in [1.54, 1.807) is 0 Å². The minimum atomic E-state index is 0.111. The molecule has 2 fully saturated rings. The molecule has 3 rings (SSSR count). The van der Waals surface area contributed by atoms with Gasteiger partial charge in [-0.25, -0.2) is 4.79 Å². The number of carbonyl (C=O) groups excluding carboxylic acids is 1. The van der Waals surface area contributed by atoms with Crippen LogP contribution >= 0.6 is 0 Å². The first-order valence-corrected chi connectivity index (χ1v) is 11.2. The lowest BCUT2D eigenvalue weighted by atomic mass is 10.1. The highest BCUT2D eigenvalue weighted by Crippen LogP contribution is 2.21. The Balaban J connectivity index is 1.27. The van der Waals surface area contributed by atoms with E-state index in [4.69, 9.17) is 0 Å². The maximum atomic E-state index is 12.4. The highest BCUT2D eigenvalue weighted by atomic mass is 16.2. The summed E-state index contributed by atoms with van der Waals surface area (Å²) in [6.45, 7) is 7.42. The summed E-state index contributed by atoms with van der Waals surface area (Å²) in [6.07, 6.45) is 8.53. The van der Waals surface area contributed by atoms with E-state index < -0.39 is 0 Å². The number of carbonyl (C=O) groups is 1. The summed E-state index contributed by atoms with van der Waals surface area (Å²) in [5, 5.41) is 3.13. The van der Waals surface area contributed by atoms with Gasteiger partial charge in [0, 0.05) is 52.4 Å². The van der Waals surface area contributed by atoms with Crippen LogP contribution in [0, 0.1) is 0 Å². The van der Waals surface area contributed by atoms with Crippen molar-refractivity contribution in [3.63, 3.8) is 0 Å². The molecule has 0 spiro atoms. The standard InChI is InChI=1S/C23H38N4O/c1-25(22-12-7-2-3-8-13-22)23(28)24-14-9-15-26-16-18-27(19-17-26)20-21-10-5-4-6-11-21/h4-6,10-11,22H,2-3,7-9,12-20H2,1H3,(H,24,28). The highest BCUT2D eigenvalue weighted by molar-refractivity contribution is 5.74. The molecule has 156 valence electrons. The molecule has 1 aliphatic carbocycles. The van der Waals surface area contributed by atoms with E-state index in [1.807, 2.05) is 11.9 Å². The van der Waals surface area contributed by atoms with Gasteiger partial charge in [-0.1, -0.05) is 56.0 Å². The third kappa shape index (κ3) is 6.78. The van der Waals surface area contributed by atoms with Crippen LogP contribution in [0.15, 0.2) is 30.3 Å². The molecule has 2 amide bonds. The fourth-order valence-corrected chi connectivity index (χ4v) is 4.45. The Morgan fingerprint density at radius 1 is 1.00 bits per heavy atom. The second-order valence-electron chi connectivity index (χ2n) is 8.45. The Morgan fingerprint density at radius 3 is 2.32 bits per heavy atom. The van der Waals surface area contributed by atoms with Gasteiger partial charge < -0.3 is 15.1 Å². The van der Waals surface area contributed by atoms with Crippen LogP contribution in [-0.4, -0.2) is 73.1 Å². The summed E-state index contributed by atoms with van der Waals surface area (Å²) in [7, 11) is 1.97. The molecule has 5 nitrogen and oxygen atoms in total. The molecule has 1 aliphatic heterocycles. The Labute approximate surface area is 171 Å². The van der Waals surface area contributed by atoms with Crippen LogP contribution in [0.4, 0.5) is 4.79 Å². The lowest BCUT2D eigenvalue weighted by Crippen LogP contribution is -2.47. The predicted octanol–water partition coefficient (Wildman–Crippen LogP) is 3.56. The summed E-state index contributed by atoms with van der Waals surface area (Å²) < 4.78 is 0. The third-order valence-corrected chi connectivity index (χ3v) is 6.33. The molecule has 1 aromatic carbocycles. The largest absolute Gasteiger partial charge is 0.338 e. The van der Waals surface area contributed by atoms with E-state index in [1.165, 1.54) is 31.2 Å². The van der Waals surface area contributed by atoms with Gasteiger partial charge in [-0.3, -0.25) is 4.90 Å². The smallest absolute Gasteiger partial charge is 0.317 e. The number of urea groups is 1. The quantitative estimate of drug-likeness (QED) is 0.575. The summed E-state index contributed by atoms with van der Waals surface area (Å²) in [5.74, 6) is 0. The summed E-state index contributed by atoms with van der Waals surface area (Å²) in [6, 6.07) is 11.3. The number of amides is 2. The zero-order valence-corrected chi connectivity index (χ0v) is 17.6. The minimum Gasteiger partial charge on any atom is -0.338 e. The van der Waals surface area contributed by atoms with Gasteiger partial charge in [0.05, 0.1) is 0 Å². The molecule has 0 bridgehead atoms. The first kappa shape index (κ1) is 21.1. The van der Waals surface area contributed by atoms with E-state index >= 15 is 0 Å². The molecule has 1 saturated carbocycles. The lowest BCUT2D eigenvalue weighted by Gasteiger charge is -2.34. The van der Waals surface area contributed by atoms with E-state index in [0.29, 0.717) is 6.04 Å². The predicted molar refractivity (Wildman–Crippen MR) is 115 cm³/mol. The van der Waals surface area contributed by atoms with Crippen molar-refractivity contribution in [2.45, 2.75) is 57.5 Å². The molecule has 0 unspecified atom stereocenters. The van der Waals surface area contributed by atoms with E-state index in [0.717, 1.165) is 65.1 Å². The zero-order valence-electron chi connectivity index (χ0n) is 17.6. The van der Waals surface area contributed by atoms with Crippen LogP contribution in [0.25, 0.3) is 0 Å². The monoisotopic (exact) mass is 386 g/mol. The Morgan fingerprint density at radius 2 is 1.64 bits per heavy atom. The molecular weight excluding hydrogens is 348 g/mol. The molecule has 1 N–H and O–H groups in total. The molecule has 2 aliphatic rings. The maximum Gasteiger partial charge on any atom is 0.317 e. The molecule has 1 aromatic rings. The second-order valence-corrected chi connectivity index (χ2v) is 8.45. The highest BCUT2D eigenvalue weighted by Gasteiger charge is 2.21. The fraction of sp³-hybridized carbons (Fsp3) is 0.696. The van der Waals surface area contributed by atoms with Crippen molar-refractivity contribution in [2.75, 3.05) is 46.3 Å². The number of piperazine rings is 1. The first-order chi connectivity index (χ1) is 13.7. The zero-order chi connectivity index (χ0) is 19.6. The number of nitrogens with zero attached hydrogens (tertiary/aromatic N) is 3. The van der Waals surface area contributed by atoms with Crippen molar-refractivity contribution < 1.29 is 4.79 Å². The minimum absolute atomic E-state index is 0.111. The average Bonchev–Trinajstić information content (AvgIpc) is 3.02. The van der Waals surface area contributed by atoms with Gasteiger partial charge in [-0.15, -0.1) is 0 Å². The van der Waals surface area contributed by atoms with Crippen molar-refractivity contribution >= 4 is 6.03 Å². The third-order valence-electron chi connectivity index (χ3n) is 6.33. The topological polar surface area (TPSA) is 38.8 Å². The van der Waals surface area contributed by atoms with Crippen molar-refractivity contribution in [3.8, 4) is 0 Å². The van der Waals surface area contributed by atoms with Gasteiger partial charge in [-0.2, -0.15) is 0 Å². The number of rotatable bonds is 7. The van der Waals surface area contributed by atoms with Crippen LogP contribution in [0.1, 0.15) is 50.5 Å². The van der Waals surface area contributed by atoms with Gasteiger partial charge in [0.25, 0.3) is 0 Å². The SMILES string of the molecule is CN(C(=O)NCCCN1CCN(Cc2ccccc2)CC1)C1CCCCCC1. The average molecular weight is 387 g/mol. The van der Waals surface area contributed by atoms with Crippen LogP contribution in [0.2, 0.25) is 0 Å². The molecule has 0 aromatic heterocycles. The van der Waals surface area contributed by atoms with Crippen LogP contribution in [0.5, 0.6) is 0 Å². The van der Waals surface area contributed by atoms with Gasteiger partial charge in [0.2, 0.25) is 0 Å². The number of hydrogen-bond donors (Lipinski definition) is 1. The fourth-order valence-electron chi connectivity index (χ4n) is 4.45. The second kappa shape index (κ2) is 11.4.